The average molecular weight is 328 g/mol. The van der Waals surface area contributed by atoms with E-state index < -0.39 is 6.04 Å². The van der Waals surface area contributed by atoms with Crippen LogP contribution in [0.15, 0.2) is 30.3 Å². The summed E-state index contributed by atoms with van der Waals surface area (Å²) in [7, 11) is 0. The van der Waals surface area contributed by atoms with Gasteiger partial charge in [0.15, 0.2) is 0 Å². The van der Waals surface area contributed by atoms with Crippen molar-refractivity contribution in [2.24, 2.45) is 5.73 Å². The first-order chi connectivity index (χ1) is 11.5. The number of hydrogen-bond acceptors (Lipinski definition) is 3. The van der Waals surface area contributed by atoms with Crippen molar-refractivity contribution in [3.63, 3.8) is 0 Å². The highest BCUT2D eigenvalue weighted by Crippen LogP contribution is 2.25. The van der Waals surface area contributed by atoms with E-state index in [9.17, 15) is 9.18 Å². The van der Waals surface area contributed by atoms with E-state index in [4.69, 9.17) is 5.73 Å². The van der Waals surface area contributed by atoms with Crippen LogP contribution in [0.4, 0.5) is 4.39 Å². The van der Waals surface area contributed by atoms with Crippen molar-refractivity contribution in [3.8, 4) is 0 Å². The third kappa shape index (κ3) is 3.10. The lowest BCUT2D eigenvalue weighted by molar-refractivity contribution is -0.132. The van der Waals surface area contributed by atoms with Gasteiger partial charge in [-0.05, 0) is 43.5 Å². The summed E-state index contributed by atoms with van der Waals surface area (Å²) >= 11 is 0. The summed E-state index contributed by atoms with van der Waals surface area (Å²) in [6, 6.07) is 5.73. The number of benzene rings is 1. The summed E-state index contributed by atoms with van der Waals surface area (Å²) in [5, 5.41) is 6.97. The number of amides is 1. The molecule has 1 atom stereocenters. The van der Waals surface area contributed by atoms with E-state index in [1.165, 1.54) is 12.1 Å². The molecule has 0 saturated heterocycles. The van der Waals surface area contributed by atoms with Crippen molar-refractivity contribution < 1.29 is 9.18 Å². The molecule has 0 aliphatic carbocycles. The van der Waals surface area contributed by atoms with Crippen LogP contribution >= 0.6 is 0 Å². The quantitative estimate of drug-likeness (QED) is 0.909. The van der Waals surface area contributed by atoms with Crippen LogP contribution in [-0.2, 0) is 4.79 Å². The van der Waals surface area contributed by atoms with Gasteiger partial charge in [-0.3, -0.25) is 9.89 Å². The van der Waals surface area contributed by atoms with Gasteiger partial charge in [-0.2, -0.15) is 5.10 Å². The number of H-pyrrole nitrogens is 1. The molecule has 3 N–H and O–H groups in total. The Kier molecular flexibility index (Phi) is 4.49. The van der Waals surface area contributed by atoms with Crippen molar-refractivity contribution in [2.75, 3.05) is 13.1 Å². The lowest BCUT2D eigenvalue weighted by Gasteiger charge is -2.29. The number of nitrogens with two attached hydrogens (primary N) is 1. The van der Waals surface area contributed by atoms with E-state index in [0.29, 0.717) is 13.1 Å². The van der Waals surface area contributed by atoms with Crippen molar-refractivity contribution in [1.29, 1.82) is 0 Å². The fourth-order valence-corrected chi connectivity index (χ4v) is 3.13. The van der Waals surface area contributed by atoms with Gasteiger partial charge in [0.1, 0.15) is 11.9 Å². The molecule has 0 saturated carbocycles. The Morgan fingerprint density at radius 3 is 2.58 bits per heavy atom. The molecule has 1 aromatic heterocycles. The number of hydrogen-bond donors (Lipinski definition) is 2. The zero-order chi connectivity index (χ0) is 17.3. The maximum absolute atomic E-state index is 13.0. The van der Waals surface area contributed by atoms with Crippen LogP contribution in [0.25, 0.3) is 5.57 Å². The van der Waals surface area contributed by atoms with Crippen LogP contribution < -0.4 is 5.73 Å². The standard InChI is InChI=1S/C18H21FN4O/c1-11-16(12(2)22-21-11)17(20)18(24)23-9-7-14(8-10-23)13-3-5-15(19)6-4-13/h3-7,17H,8-10,20H2,1-2H3,(H,21,22). The maximum atomic E-state index is 13.0. The molecule has 1 amide bonds. The Morgan fingerprint density at radius 1 is 1.33 bits per heavy atom. The molecule has 5 nitrogen and oxygen atoms in total. The molecular formula is C18H21FN4O. The fraction of sp³-hybridized carbons (Fsp3) is 0.333. The Morgan fingerprint density at radius 2 is 2.04 bits per heavy atom. The van der Waals surface area contributed by atoms with Crippen LogP contribution in [0.2, 0.25) is 0 Å². The fourth-order valence-electron chi connectivity index (χ4n) is 3.13. The van der Waals surface area contributed by atoms with E-state index in [-0.39, 0.29) is 11.7 Å². The molecule has 3 rings (SSSR count). The number of nitrogens with one attached hydrogen (secondary N) is 1. The lowest BCUT2D eigenvalue weighted by atomic mass is 9.98. The Labute approximate surface area is 140 Å². The number of aromatic amines is 1. The molecule has 0 spiro atoms. The van der Waals surface area contributed by atoms with Gasteiger partial charge in [0.2, 0.25) is 5.91 Å². The van der Waals surface area contributed by atoms with Gasteiger partial charge >= 0.3 is 0 Å². The highest BCUT2D eigenvalue weighted by atomic mass is 19.1. The monoisotopic (exact) mass is 328 g/mol. The number of aromatic nitrogens is 2. The van der Waals surface area contributed by atoms with E-state index in [1.807, 2.05) is 19.9 Å². The molecule has 24 heavy (non-hydrogen) atoms. The minimum Gasteiger partial charge on any atom is -0.337 e. The van der Waals surface area contributed by atoms with E-state index in [1.54, 1.807) is 17.0 Å². The predicted octanol–water partition coefficient (Wildman–Crippen LogP) is 2.48. The number of halogens is 1. The summed E-state index contributed by atoms with van der Waals surface area (Å²) in [4.78, 5) is 14.4. The summed E-state index contributed by atoms with van der Waals surface area (Å²) in [5.41, 5.74) is 10.6. The average Bonchev–Trinajstić information content (AvgIpc) is 2.93. The molecule has 6 heteroatoms. The maximum Gasteiger partial charge on any atom is 0.244 e. The minimum absolute atomic E-state index is 0.1000. The summed E-state index contributed by atoms with van der Waals surface area (Å²) < 4.78 is 13.0. The Balaban J connectivity index is 1.71. The molecule has 1 unspecified atom stereocenters. The first-order valence-corrected chi connectivity index (χ1v) is 7.98. The van der Waals surface area contributed by atoms with Crippen LogP contribution in [0.3, 0.4) is 0 Å². The van der Waals surface area contributed by atoms with Crippen molar-refractivity contribution in [2.45, 2.75) is 26.3 Å². The zero-order valence-corrected chi connectivity index (χ0v) is 13.8. The summed E-state index contributed by atoms with van der Waals surface area (Å²) in [6.45, 7) is 4.82. The molecule has 1 aliphatic heterocycles. The highest BCUT2D eigenvalue weighted by Gasteiger charge is 2.27. The van der Waals surface area contributed by atoms with E-state index in [0.717, 1.165) is 34.5 Å². The number of aryl methyl sites for hydroxylation is 2. The SMILES string of the molecule is Cc1n[nH]c(C)c1C(N)C(=O)N1CC=C(c2ccc(F)cc2)CC1. The summed E-state index contributed by atoms with van der Waals surface area (Å²) in [5.74, 6) is -0.346. The van der Waals surface area contributed by atoms with Crippen LogP contribution in [-0.4, -0.2) is 34.1 Å². The number of rotatable bonds is 3. The predicted molar refractivity (Wildman–Crippen MR) is 90.6 cm³/mol. The second-order valence-corrected chi connectivity index (χ2v) is 6.10. The molecule has 1 aromatic carbocycles. The van der Waals surface area contributed by atoms with Crippen molar-refractivity contribution in [1.82, 2.24) is 15.1 Å². The summed E-state index contributed by atoms with van der Waals surface area (Å²) in [6.07, 6.45) is 2.74. The molecule has 0 bridgehead atoms. The van der Waals surface area contributed by atoms with E-state index >= 15 is 0 Å². The normalized spacial score (nSPS) is 16.0. The molecule has 2 aromatic rings. The van der Waals surface area contributed by atoms with E-state index in [2.05, 4.69) is 10.2 Å². The van der Waals surface area contributed by atoms with Crippen LogP contribution in [0.5, 0.6) is 0 Å². The highest BCUT2D eigenvalue weighted by molar-refractivity contribution is 5.84. The zero-order valence-electron chi connectivity index (χ0n) is 13.8. The minimum atomic E-state index is -0.704. The molecule has 0 fully saturated rings. The van der Waals surface area contributed by atoms with Gasteiger partial charge in [0, 0.05) is 24.3 Å². The molecule has 2 heterocycles. The molecule has 1 aliphatic rings. The van der Waals surface area contributed by atoms with Gasteiger partial charge in [0.25, 0.3) is 0 Å². The largest absolute Gasteiger partial charge is 0.337 e. The molecule has 0 radical (unpaired) electrons. The van der Waals surface area contributed by atoms with Gasteiger partial charge in [-0.15, -0.1) is 0 Å². The smallest absolute Gasteiger partial charge is 0.244 e. The third-order valence-electron chi connectivity index (χ3n) is 4.50. The van der Waals surface area contributed by atoms with Crippen molar-refractivity contribution >= 4 is 11.5 Å². The van der Waals surface area contributed by atoms with Gasteiger partial charge < -0.3 is 10.6 Å². The number of carbonyl (C=O) groups is 1. The third-order valence-corrected chi connectivity index (χ3v) is 4.50. The Hall–Kier alpha value is -2.47. The first kappa shape index (κ1) is 16.4. The molecule has 126 valence electrons. The van der Waals surface area contributed by atoms with Gasteiger partial charge in [-0.1, -0.05) is 18.2 Å². The topological polar surface area (TPSA) is 75.0 Å². The van der Waals surface area contributed by atoms with Crippen LogP contribution in [0, 0.1) is 19.7 Å². The van der Waals surface area contributed by atoms with Crippen LogP contribution in [0.1, 0.15) is 35.0 Å². The second kappa shape index (κ2) is 6.57. The van der Waals surface area contributed by atoms with Crippen molar-refractivity contribution in [3.05, 3.63) is 58.7 Å². The first-order valence-electron chi connectivity index (χ1n) is 7.98. The number of carbonyl (C=O) groups excluding carboxylic acids is 1. The Bertz CT molecular complexity index is 759. The number of nitrogens with zero attached hydrogens (tertiary/aromatic N) is 2. The second-order valence-electron chi connectivity index (χ2n) is 6.10. The molecular weight excluding hydrogens is 307 g/mol. The van der Waals surface area contributed by atoms with Gasteiger partial charge in [-0.25, -0.2) is 4.39 Å². The van der Waals surface area contributed by atoms with Gasteiger partial charge in [0.05, 0.1) is 5.69 Å². The lowest BCUT2D eigenvalue weighted by Crippen LogP contribution is -2.41.